The molecule has 2 nitrogen and oxygen atoms in total. The van der Waals surface area contributed by atoms with Gasteiger partial charge in [-0.3, -0.25) is 4.79 Å². The fourth-order valence-corrected chi connectivity index (χ4v) is 3.59. The highest BCUT2D eigenvalue weighted by molar-refractivity contribution is 7.16. The van der Waals surface area contributed by atoms with E-state index in [0.29, 0.717) is 10.3 Å². The molecule has 82 valence electrons. The average molecular weight is 245 g/mol. The fraction of sp³-hybridized carbons (Fsp3) is 0.545. The summed E-state index contributed by atoms with van der Waals surface area (Å²) in [7, 11) is 0. The topological polar surface area (TPSA) is 37.3 Å². The molecular formula is C11H13ClO2S. The van der Waals surface area contributed by atoms with E-state index in [0.717, 1.165) is 30.6 Å². The maximum Gasteiger partial charge on any atom is 0.312 e. The van der Waals surface area contributed by atoms with Crippen LogP contribution in [0.15, 0.2) is 12.1 Å². The first-order chi connectivity index (χ1) is 7.18. The number of carbonyl (C=O) groups is 1. The monoisotopic (exact) mass is 244 g/mol. The van der Waals surface area contributed by atoms with Crippen LogP contribution in [0.25, 0.3) is 0 Å². The van der Waals surface area contributed by atoms with E-state index >= 15 is 0 Å². The Morgan fingerprint density at radius 3 is 2.60 bits per heavy atom. The van der Waals surface area contributed by atoms with Crippen LogP contribution >= 0.6 is 22.9 Å². The third kappa shape index (κ3) is 2.34. The number of hydrogen-bond donors (Lipinski definition) is 1. The predicted molar refractivity (Wildman–Crippen MR) is 61.7 cm³/mol. The highest BCUT2D eigenvalue weighted by atomic mass is 35.5. The lowest BCUT2D eigenvalue weighted by Crippen LogP contribution is -2.18. The molecule has 0 saturated heterocycles. The van der Waals surface area contributed by atoms with E-state index in [9.17, 15) is 9.90 Å². The van der Waals surface area contributed by atoms with E-state index in [-0.39, 0.29) is 5.92 Å². The molecule has 4 heteroatoms. The lowest BCUT2D eigenvalue weighted by Gasteiger charge is -2.17. The standard InChI is InChI=1S/C11H13ClO2S/c12-9-6-5-8(15-9)10(11(13)14)7-3-1-2-4-7/h5-7,10H,1-4H2,(H,13,14). The van der Waals surface area contributed by atoms with Crippen molar-refractivity contribution in [3.63, 3.8) is 0 Å². The number of thiophene rings is 1. The summed E-state index contributed by atoms with van der Waals surface area (Å²) in [5.74, 6) is -0.748. The molecule has 1 aliphatic carbocycles. The summed E-state index contributed by atoms with van der Waals surface area (Å²) >= 11 is 7.24. The molecular weight excluding hydrogens is 232 g/mol. The smallest absolute Gasteiger partial charge is 0.312 e. The van der Waals surface area contributed by atoms with Gasteiger partial charge in [-0.1, -0.05) is 24.4 Å². The molecule has 15 heavy (non-hydrogen) atoms. The van der Waals surface area contributed by atoms with E-state index in [1.54, 1.807) is 6.07 Å². The van der Waals surface area contributed by atoms with Crippen molar-refractivity contribution in [3.05, 3.63) is 21.3 Å². The number of hydrogen-bond acceptors (Lipinski definition) is 2. The van der Waals surface area contributed by atoms with Gasteiger partial charge in [-0.25, -0.2) is 0 Å². The first-order valence-corrected chi connectivity index (χ1v) is 6.36. The first-order valence-electron chi connectivity index (χ1n) is 5.16. The highest BCUT2D eigenvalue weighted by Crippen LogP contribution is 2.40. The van der Waals surface area contributed by atoms with Crippen LogP contribution in [0.3, 0.4) is 0 Å². The molecule has 0 radical (unpaired) electrons. The van der Waals surface area contributed by atoms with Gasteiger partial charge in [-0.2, -0.15) is 0 Å². The second-order valence-corrected chi connectivity index (χ2v) is 5.75. The van der Waals surface area contributed by atoms with Crippen molar-refractivity contribution in [3.8, 4) is 0 Å². The largest absolute Gasteiger partial charge is 0.481 e. The summed E-state index contributed by atoms with van der Waals surface area (Å²) < 4.78 is 0.675. The maximum atomic E-state index is 11.3. The van der Waals surface area contributed by atoms with Crippen molar-refractivity contribution < 1.29 is 9.90 Å². The molecule has 0 aromatic carbocycles. The quantitative estimate of drug-likeness (QED) is 0.879. The Balaban J connectivity index is 2.22. The normalized spacial score (nSPS) is 19.3. The van der Waals surface area contributed by atoms with E-state index in [1.807, 2.05) is 6.07 Å². The molecule has 0 amide bonds. The van der Waals surface area contributed by atoms with Crippen LogP contribution < -0.4 is 0 Å². The molecule has 1 unspecified atom stereocenters. The molecule has 1 aliphatic rings. The Labute approximate surface area is 97.9 Å². The molecule has 1 aromatic rings. The third-order valence-corrected chi connectivity index (χ3v) is 4.35. The lowest BCUT2D eigenvalue weighted by atomic mass is 9.90. The summed E-state index contributed by atoms with van der Waals surface area (Å²) in [5.41, 5.74) is 0. The zero-order valence-corrected chi connectivity index (χ0v) is 9.85. The Morgan fingerprint density at radius 2 is 2.13 bits per heavy atom. The van der Waals surface area contributed by atoms with Gasteiger partial charge in [0.2, 0.25) is 0 Å². The minimum absolute atomic E-state index is 0.303. The molecule has 1 aromatic heterocycles. The van der Waals surface area contributed by atoms with Crippen LogP contribution in [0.4, 0.5) is 0 Å². The molecule has 1 heterocycles. The number of carboxylic acids is 1. The van der Waals surface area contributed by atoms with Gasteiger partial charge >= 0.3 is 5.97 Å². The van der Waals surface area contributed by atoms with E-state index in [2.05, 4.69) is 0 Å². The molecule has 1 atom stereocenters. The van der Waals surface area contributed by atoms with Crippen LogP contribution in [0.5, 0.6) is 0 Å². The van der Waals surface area contributed by atoms with Gasteiger partial charge in [-0.05, 0) is 30.9 Å². The van der Waals surface area contributed by atoms with Gasteiger partial charge in [0.1, 0.15) is 0 Å². The fourth-order valence-electron chi connectivity index (χ4n) is 2.34. The number of aliphatic carboxylic acids is 1. The minimum Gasteiger partial charge on any atom is -0.481 e. The van der Waals surface area contributed by atoms with Gasteiger partial charge < -0.3 is 5.11 Å². The van der Waals surface area contributed by atoms with Crippen LogP contribution in [0.1, 0.15) is 36.5 Å². The van der Waals surface area contributed by atoms with Gasteiger partial charge in [0, 0.05) is 4.88 Å². The van der Waals surface area contributed by atoms with Crippen molar-refractivity contribution >= 4 is 28.9 Å². The van der Waals surface area contributed by atoms with Crippen LogP contribution in [-0.4, -0.2) is 11.1 Å². The Bertz CT molecular complexity index is 355. The van der Waals surface area contributed by atoms with Crippen LogP contribution in [0, 0.1) is 5.92 Å². The predicted octanol–water partition coefficient (Wildman–Crippen LogP) is 3.76. The number of rotatable bonds is 3. The summed E-state index contributed by atoms with van der Waals surface area (Å²) in [6, 6.07) is 3.64. The second-order valence-electron chi connectivity index (χ2n) is 4.00. The van der Waals surface area contributed by atoms with E-state index in [4.69, 9.17) is 11.6 Å². The van der Waals surface area contributed by atoms with Gasteiger partial charge in [0.05, 0.1) is 10.3 Å². The molecule has 2 rings (SSSR count). The van der Waals surface area contributed by atoms with Crippen LogP contribution in [-0.2, 0) is 4.79 Å². The Morgan fingerprint density at radius 1 is 1.47 bits per heavy atom. The van der Waals surface area contributed by atoms with Gasteiger partial charge in [-0.15, -0.1) is 11.3 Å². The summed E-state index contributed by atoms with van der Waals surface area (Å²) in [6.45, 7) is 0. The van der Waals surface area contributed by atoms with E-state index in [1.165, 1.54) is 11.3 Å². The molecule has 1 fully saturated rings. The van der Waals surface area contributed by atoms with Gasteiger partial charge in [0.15, 0.2) is 0 Å². The minimum atomic E-state index is -0.708. The van der Waals surface area contributed by atoms with Crippen molar-refractivity contribution in [2.75, 3.05) is 0 Å². The summed E-state index contributed by atoms with van der Waals surface area (Å²) in [5, 5.41) is 9.26. The van der Waals surface area contributed by atoms with Crippen molar-refractivity contribution in [1.29, 1.82) is 0 Å². The van der Waals surface area contributed by atoms with Crippen molar-refractivity contribution in [2.45, 2.75) is 31.6 Å². The van der Waals surface area contributed by atoms with Crippen molar-refractivity contribution in [2.24, 2.45) is 5.92 Å². The summed E-state index contributed by atoms with van der Waals surface area (Å²) in [4.78, 5) is 12.2. The maximum absolute atomic E-state index is 11.3. The number of halogens is 1. The number of carboxylic acid groups (broad SMARTS) is 1. The second kappa shape index (κ2) is 4.54. The molecule has 1 saturated carbocycles. The molecule has 0 aliphatic heterocycles. The molecule has 0 spiro atoms. The highest BCUT2D eigenvalue weighted by Gasteiger charge is 2.32. The zero-order valence-electron chi connectivity index (χ0n) is 8.28. The molecule has 1 N–H and O–H groups in total. The summed E-state index contributed by atoms with van der Waals surface area (Å²) in [6.07, 6.45) is 4.39. The van der Waals surface area contributed by atoms with Gasteiger partial charge in [0.25, 0.3) is 0 Å². The zero-order chi connectivity index (χ0) is 10.8. The lowest BCUT2D eigenvalue weighted by molar-refractivity contribution is -0.140. The molecule has 0 bridgehead atoms. The average Bonchev–Trinajstić information content (AvgIpc) is 2.77. The third-order valence-electron chi connectivity index (χ3n) is 3.04. The Kier molecular flexibility index (Phi) is 3.32. The Hall–Kier alpha value is -0.540. The van der Waals surface area contributed by atoms with Crippen LogP contribution in [0.2, 0.25) is 4.34 Å². The first kappa shape index (κ1) is 11.0. The van der Waals surface area contributed by atoms with E-state index < -0.39 is 5.97 Å². The SMILES string of the molecule is O=C(O)C(c1ccc(Cl)s1)C1CCCC1. The van der Waals surface area contributed by atoms with Crippen molar-refractivity contribution in [1.82, 2.24) is 0 Å².